The molecule has 3 aliphatic carbocycles. The third kappa shape index (κ3) is 3.14. The molecule has 1 heterocycles. The van der Waals surface area contributed by atoms with Crippen molar-refractivity contribution in [2.75, 3.05) is 7.05 Å². The van der Waals surface area contributed by atoms with Crippen LogP contribution in [0.4, 0.5) is 0 Å². The maximum Gasteiger partial charge on any atom is 0.303 e. The van der Waals surface area contributed by atoms with E-state index in [0.717, 1.165) is 51.4 Å². The standard InChI is InChI=1S/C24H39NO4/c1-22-13-11-20(26)25(3)19(22)8-7-16-17(22)9-14-23(2)18(16)10-15-24(23,29)12-5-4-6-21(27)28/h16-19,29H,4-15H2,1-3H3,(H,27,28)/t16-,17+,18+,19-,22-,23+,24+/m1/s1. The molecule has 0 unspecified atom stereocenters. The average Bonchev–Trinajstić information content (AvgIpc) is 2.94. The van der Waals surface area contributed by atoms with Gasteiger partial charge < -0.3 is 15.1 Å². The Morgan fingerprint density at radius 2 is 1.79 bits per heavy atom. The Morgan fingerprint density at radius 3 is 2.52 bits per heavy atom. The number of hydrogen-bond donors (Lipinski definition) is 2. The molecule has 0 radical (unpaired) electrons. The molecule has 4 fully saturated rings. The molecule has 5 heteroatoms. The number of carboxylic acids is 1. The largest absolute Gasteiger partial charge is 0.481 e. The van der Waals surface area contributed by atoms with E-state index in [-0.39, 0.29) is 17.3 Å². The minimum Gasteiger partial charge on any atom is -0.481 e. The zero-order chi connectivity index (χ0) is 21.0. The van der Waals surface area contributed by atoms with Gasteiger partial charge in [-0.3, -0.25) is 9.59 Å². The van der Waals surface area contributed by atoms with E-state index >= 15 is 0 Å². The molecular weight excluding hydrogens is 366 g/mol. The van der Waals surface area contributed by atoms with Gasteiger partial charge in [-0.15, -0.1) is 0 Å². The second kappa shape index (κ2) is 7.25. The lowest BCUT2D eigenvalue weighted by molar-refractivity contribution is -0.169. The Kier molecular flexibility index (Phi) is 5.28. The van der Waals surface area contributed by atoms with E-state index in [1.54, 1.807) is 0 Å². The molecule has 0 bridgehead atoms. The summed E-state index contributed by atoms with van der Waals surface area (Å²) in [7, 11) is 2.00. The quantitative estimate of drug-likeness (QED) is 0.671. The minimum absolute atomic E-state index is 0.0447. The van der Waals surface area contributed by atoms with Crippen molar-refractivity contribution in [2.24, 2.45) is 28.6 Å². The fourth-order valence-corrected chi connectivity index (χ4v) is 8.37. The number of piperidine rings is 1. The maximum absolute atomic E-state index is 12.3. The Balaban J connectivity index is 1.50. The van der Waals surface area contributed by atoms with Gasteiger partial charge in [0.15, 0.2) is 0 Å². The lowest BCUT2D eigenvalue weighted by Crippen LogP contribution is -2.62. The molecule has 1 amide bonds. The van der Waals surface area contributed by atoms with Crippen molar-refractivity contribution in [1.29, 1.82) is 0 Å². The molecule has 0 aromatic rings. The van der Waals surface area contributed by atoms with Gasteiger partial charge >= 0.3 is 5.97 Å². The van der Waals surface area contributed by atoms with E-state index in [0.29, 0.717) is 42.5 Å². The van der Waals surface area contributed by atoms with Crippen LogP contribution < -0.4 is 0 Å². The van der Waals surface area contributed by atoms with Crippen LogP contribution in [0, 0.1) is 28.6 Å². The summed E-state index contributed by atoms with van der Waals surface area (Å²) in [6.07, 6.45) is 10.6. The van der Waals surface area contributed by atoms with E-state index in [9.17, 15) is 14.7 Å². The minimum atomic E-state index is -0.742. The van der Waals surface area contributed by atoms with Crippen molar-refractivity contribution in [3.05, 3.63) is 0 Å². The molecule has 0 aromatic carbocycles. The molecule has 0 aromatic heterocycles. The maximum atomic E-state index is 12.3. The van der Waals surface area contributed by atoms with Crippen LogP contribution in [0.2, 0.25) is 0 Å². The van der Waals surface area contributed by atoms with Crippen molar-refractivity contribution in [3.63, 3.8) is 0 Å². The average molecular weight is 406 g/mol. The van der Waals surface area contributed by atoms with Crippen LogP contribution in [0.15, 0.2) is 0 Å². The zero-order valence-electron chi connectivity index (χ0n) is 18.5. The van der Waals surface area contributed by atoms with Crippen LogP contribution in [-0.4, -0.2) is 45.7 Å². The summed E-state index contributed by atoms with van der Waals surface area (Å²) in [5.41, 5.74) is -0.468. The van der Waals surface area contributed by atoms with Crippen molar-refractivity contribution in [3.8, 4) is 0 Å². The summed E-state index contributed by atoms with van der Waals surface area (Å²) in [5.74, 6) is 1.44. The van der Waals surface area contributed by atoms with Crippen LogP contribution in [0.3, 0.4) is 0 Å². The van der Waals surface area contributed by atoms with E-state index in [1.165, 1.54) is 6.42 Å². The van der Waals surface area contributed by atoms with Crippen molar-refractivity contribution >= 4 is 11.9 Å². The Labute approximate surface area is 175 Å². The zero-order valence-corrected chi connectivity index (χ0v) is 18.5. The van der Waals surface area contributed by atoms with Gasteiger partial charge in [-0.2, -0.15) is 0 Å². The number of carbonyl (C=O) groups is 2. The normalized spacial score (nSPS) is 46.8. The van der Waals surface area contributed by atoms with Gasteiger partial charge in [0, 0.05) is 25.9 Å². The fourth-order valence-electron chi connectivity index (χ4n) is 8.37. The topological polar surface area (TPSA) is 77.8 Å². The van der Waals surface area contributed by atoms with Crippen molar-refractivity contribution in [1.82, 2.24) is 4.90 Å². The van der Waals surface area contributed by atoms with E-state index in [2.05, 4.69) is 13.8 Å². The van der Waals surface area contributed by atoms with E-state index < -0.39 is 11.6 Å². The molecule has 4 aliphatic rings. The summed E-state index contributed by atoms with van der Waals surface area (Å²) in [5, 5.41) is 20.6. The highest BCUT2D eigenvalue weighted by atomic mass is 16.4. The SMILES string of the molecule is CN1C(=O)CC[C@]2(C)[C@H]3CC[C@@]4(C)[C@@H](CC[C@@]4(O)CCCCC(=O)O)[C@@H]3CC[C@@H]12. The molecule has 5 nitrogen and oxygen atoms in total. The number of hydrogen-bond acceptors (Lipinski definition) is 3. The highest BCUT2D eigenvalue weighted by Crippen LogP contribution is 2.67. The number of rotatable bonds is 5. The number of fused-ring (bicyclic) bond motifs is 5. The second-order valence-electron chi connectivity index (χ2n) is 11.1. The van der Waals surface area contributed by atoms with Gasteiger partial charge in [0.1, 0.15) is 0 Å². The Morgan fingerprint density at radius 1 is 1.07 bits per heavy atom. The predicted molar refractivity (Wildman–Crippen MR) is 111 cm³/mol. The lowest BCUT2D eigenvalue weighted by Gasteiger charge is -2.62. The summed E-state index contributed by atoms with van der Waals surface area (Å²) < 4.78 is 0. The summed E-state index contributed by atoms with van der Waals surface area (Å²) in [6, 6.07) is 0.380. The van der Waals surface area contributed by atoms with E-state index in [4.69, 9.17) is 5.11 Å². The first-order valence-electron chi connectivity index (χ1n) is 11.8. The predicted octanol–water partition coefficient (Wildman–Crippen LogP) is 4.23. The second-order valence-corrected chi connectivity index (χ2v) is 11.1. The first kappa shape index (κ1) is 21.1. The highest BCUT2D eigenvalue weighted by molar-refractivity contribution is 5.77. The van der Waals surface area contributed by atoms with Gasteiger partial charge in [-0.1, -0.05) is 13.8 Å². The third-order valence-corrected chi connectivity index (χ3v) is 10.1. The molecule has 7 atom stereocenters. The molecule has 4 rings (SSSR count). The molecule has 3 saturated carbocycles. The molecule has 29 heavy (non-hydrogen) atoms. The molecule has 164 valence electrons. The van der Waals surface area contributed by atoms with Gasteiger partial charge in [-0.25, -0.2) is 0 Å². The summed E-state index contributed by atoms with van der Waals surface area (Å²) in [6.45, 7) is 4.76. The smallest absolute Gasteiger partial charge is 0.303 e. The third-order valence-electron chi connectivity index (χ3n) is 10.1. The number of likely N-dealkylation sites (tertiary alicyclic amines) is 1. The lowest BCUT2D eigenvalue weighted by atomic mass is 9.46. The molecule has 1 aliphatic heterocycles. The monoisotopic (exact) mass is 405 g/mol. The number of aliphatic carboxylic acids is 1. The summed E-state index contributed by atoms with van der Waals surface area (Å²) >= 11 is 0. The first-order chi connectivity index (χ1) is 13.6. The summed E-state index contributed by atoms with van der Waals surface area (Å²) in [4.78, 5) is 25.2. The van der Waals surface area contributed by atoms with Gasteiger partial charge in [-0.05, 0) is 92.8 Å². The number of carbonyl (C=O) groups excluding carboxylic acids is 1. The Hall–Kier alpha value is -1.10. The number of nitrogens with zero attached hydrogens (tertiary/aromatic N) is 1. The number of amides is 1. The van der Waals surface area contributed by atoms with Crippen LogP contribution in [0.5, 0.6) is 0 Å². The first-order valence-corrected chi connectivity index (χ1v) is 11.8. The van der Waals surface area contributed by atoms with E-state index in [1.807, 2.05) is 11.9 Å². The van der Waals surface area contributed by atoms with Crippen molar-refractivity contribution in [2.45, 2.75) is 103 Å². The molecule has 2 N–H and O–H groups in total. The Bertz CT molecular complexity index is 680. The molecular formula is C24H39NO4. The number of unbranched alkanes of at least 4 members (excludes halogenated alkanes) is 1. The number of carboxylic acid groups (broad SMARTS) is 1. The van der Waals surface area contributed by atoms with Gasteiger partial charge in [0.05, 0.1) is 5.60 Å². The molecule has 0 spiro atoms. The van der Waals surface area contributed by atoms with Crippen LogP contribution in [0.1, 0.15) is 90.9 Å². The number of aliphatic hydroxyl groups is 1. The molecule has 1 saturated heterocycles. The van der Waals surface area contributed by atoms with Gasteiger partial charge in [0.2, 0.25) is 5.91 Å². The van der Waals surface area contributed by atoms with Crippen LogP contribution in [-0.2, 0) is 9.59 Å². The van der Waals surface area contributed by atoms with Crippen molar-refractivity contribution < 1.29 is 19.8 Å². The van der Waals surface area contributed by atoms with Crippen LogP contribution >= 0.6 is 0 Å². The van der Waals surface area contributed by atoms with Crippen LogP contribution in [0.25, 0.3) is 0 Å². The fraction of sp³-hybridized carbons (Fsp3) is 0.917. The van der Waals surface area contributed by atoms with Gasteiger partial charge in [0.25, 0.3) is 0 Å². The highest BCUT2D eigenvalue weighted by Gasteiger charge is 2.64.